The summed E-state index contributed by atoms with van der Waals surface area (Å²) in [5.74, 6) is 2.92. The second-order valence-corrected chi connectivity index (χ2v) is 6.34. The fourth-order valence-corrected chi connectivity index (χ4v) is 2.59. The first-order valence-corrected chi connectivity index (χ1v) is 8.53. The van der Waals surface area contributed by atoms with Crippen LogP contribution in [-0.4, -0.2) is 24.0 Å². The highest BCUT2D eigenvalue weighted by atomic mass is 16.3. The van der Waals surface area contributed by atoms with Gasteiger partial charge in [-0.1, -0.05) is 47.5 Å². The van der Waals surface area contributed by atoms with Gasteiger partial charge in [-0.25, -0.2) is 0 Å². The fraction of sp³-hybridized carbons (Fsp3) is 0.778. The normalized spacial score (nSPS) is 12.0. The summed E-state index contributed by atoms with van der Waals surface area (Å²) >= 11 is 0. The predicted octanol–water partition coefficient (Wildman–Crippen LogP) is 4.34. The second kappa shape index (κ2) is 9.26. The molecule has 0 spiro atoms. The van der Waals surface area contributed by atoms with Crippen LogP contribution in [0.4, 0.5) is 0 Å². The van der Waals surface area contributed by atoms with E-state index in [1.807, 2.05) is 0 Å². The van der Waals surface area contributed by atoms with E-state index in [1.54, 1.807) is 0 Å². The molecule has 0 aliphatic heterocycles. The van der Waals surface area contributed by atoms with Gasteiger partial charge in [-0.15, -0.1) is 0 Å². The Morgan fingerprint density at radius 2 is 1.86 bits per heavy atom. The summed E-state index contributed by atoms with van der Waals surface area (Å²) in [6.07, 6.45) is 2.53. The smallest absolute Gasteiger partial charge is 0.118 e. The highest BCUT2D eigenvalue weighted by molar-refractivity contribution is 5.20. The molecule has 0 aromatic carbocycles. The maximum absolute atomic E-state index is 5.88. The van der Waals surface area contributed by atoms with Crippen LogP contribution in [0, 0.1) is 12.8 Å². The molecule has 0 saturated carbocycles. The Bertz CT molecular complexity index is 394. The second-order valence-electron chi connectivity index (χ2n) is 6.34. The van der Waals surface area contributed by atoms with Gasteiger partial charge >= 0.3 is 0 Å². The average Bonchev–Trinajstić information content (AvgIpc) is 2.81. The van der Waals surface area contributed by atoms with E-state index in [2.05, 4.69) is 57.8 Å². The van der Waals surface area contributed by atoms with Gasteiger partial charge < -0.3 is 9.73 Å². The van der Waals surface area contributed by atoms with Crippen LogP contribution in [0.5, 0.6) is 0 Å². The van der Waals surface area contributed by atoms with Crippen molar-refractivity contribution in [1.82, 2.24) is 10.2 Å². The van der Waals surface area contributed by atoms with E-state index < -0.39 is 0 Å². The van der Waals surface area contributed by atoms with E-state index in [0.29, 0.717) is 6.04 Å². The molecule has 3 heteroatoms. The lowest BCUT2D eigenvalue weighted by Gasteiger charge is -2.24. The summed E-state index contributed by atoms with van der Waals surface area (Å²) in [6.45, 7) is 17.3. The molecule has 21 heavy (non-hydrogen) atoms. The van der Waals surface area contributed by atoms with Gasteiger partial charge in [-0.3, -0.25) is 4.90 Å². The molecule has 1 heterocycles. The molecule has 122 valence electrons. The lowest BCUT2D eigenvalue weighted by atomic mass is 10.0. The first-order chi connectivity index (χ1) is 9.99. The van der Waals surface area contributed by atoms with Gasteiger partial charge in [0.15, 0.2) is 0 Å². The zero-order chi connectivity index (χ0) is 15.8. The Labute approximate surface area is 131 Å². The third kappa shape index (κ3) is 6.23. The fourth-order valence-electron chi connectivity index (χ4n) is 2.59. The maximum atomic E-state index is 5.88. The van der Waals surface area contributed by atoms with Crippen LogP contribution in [0.2, 0.25) is 0 Å². The van der Waals surface area contributed by atoms with Crippen molar-refractivity contribution >= 4 is 0 Å². The molecule has 0 radical (unpaired) electrons. The first-order valence-electron chi connectivity index (χ1n) is 8.53. The van der Waals surface area contributed by atoms with Crippen LogP contribution in [0.1, 0.15) is 64.5 Å². The molecule has 1 aromatic heterocycles. The number of aryl methyl sites for hydroxylation is 1. The van der Waals surface area contributed by atoms with Crippen molar-refractivity contribution in [3.8, 4) is 0 Å². The summed E-state index contributed by atoms with van der Waals surface area (Å²) in [6, 6.07) is 2.71. The van der Waals surface area contributed by atoms with Crippen LogP contribution in [-0.2, 0) is 13.1 Å². The van der Waals surface area contributed by atoms with Gasteiger partial charge in [0, 0.05) is 24.7 Å². The lowest BCUT2D eigenvalue weighted by molar-refractivity contribution is 0.225. The van der Waals surface area contributed by atoms with Gasteiger partial charge in [0.05, 0.1) is 6.54 Å². The van der Waals surface area contributed by atoms with E-state index in [1.165, 1.54) is 24.9 Å². The zero-order valence-electron chi connectivity index (χ0n) is 14.8. The van der Waals surface area contributed by atoms with Crippen LogP contribution < -0.4 is 5.32 Å². The predicted molar refractivity (Wildman–Crippen MR) is 90.4 cm³/mol. The van der Waals surface area contributed by atoms with Gasteiger partial charge in [-0.2, -0.15) is 0 Å². The molecule has 1 N–H and O–H groups in total. The first kappa shape index (κ1) is 18.2. The molecule has 1 aromatic rings. The molecule has 0 aliphatic rings. The Balaban J connectivity index is 2.63. The Morgan fingerprint density at radius 3 is 2.38 bits per heavy atom. The molecule has 0 aliphatic carbocycles. The topological polar surface area (TPSA) is 28.4 Å². The van der Waals surface area contributed by atoms with E-state index in [4.69, 9.17) is 4.42 Å². The zero-order valence-corrected chi connectivity index (χ0v) is 14.8. The number of nitrogens with one attached hydrogen (secondary N) is 1. The molecule has 0 atom stereocenters. The number of hydrogen-bond acceptors (Lipinski definition) is 3. The van der Waals surface area contributed by atoms with E-state index in [-0.39, 0.29) is 0 Å². The monoisotopic (exact) mass is 294 g/mol. The van der Waals surface area contributed by atoms with Crippen molar-refractivity contribution in [3.05, 3.63) is 23.2 Å². The molecule has 0 saturated heterocycles. The van der Waals surface area contributed by atoms with Crippen LogP contribution in [0.25, 0.3) is 0 Å². The summed E-state index contributed by atoms with van der Waals surface area (Å²) in [5.41, 5.74) is 1.34. The van der Waals surface area contributed by atoms with Crippen molar-refractivity contribution in [2.24, 2.45) is 5.92 Å². The minimum atomic E-state index is 0.487. The highest BCUT2D eigenvalue weighted by Crippen LogP contribution is 2.18. The third-order valence-corrected chi connectivity index (χ3v) is 4.27. The summed E-state index contributed by atoms with van der Waals surface area (Å²) in [7, 11) is 0. The van der Waals surface area contributed by atoms with Crippen molar-refractivity contribution in [2.75, 3.05) is 13.1 Å². The van der Waals surface area contributed by atoms with E-state index >= 15 is 0 Å². The molecule has 3 nitrogen and oxygen atoms in total. The average molecular weight is 294 g/mol. The van der Waals surface area contributed by atoms with E-state index in [0.717, 1.165) is 37.1 Å². The van der Waals surface area contributed by atoms with Crippen molar-refractivity contribution in [1.29, 1.82) is 0 Å². The summed E-state index contributed by atoms with van der Waals surface area (Å²) in [4.78, 5) is 2.54. The number of rotatable bonds is 10. The largest absolute Gasteiger partial charge is 0.465 e. The Kier molecular flexibility index (Phi) is 8.05. The van der Waals surface area contributed by atoms with Gasteiger partial charge in [0.2, 0.25) is 0 Å². The quantitative estimate of drug-likeness (QED) is 0.695. The molecule has 0 unspecified atom stereocenters. The van der Waals surface area contributed by atoms with Crippen molar-refractivity contribution in [3.63, 3.8) is 0 Å². The molecular weight excluding hydrogens is 260 g/mol. The van der Waals surface area contributed by atoms with Crippen molar-refractivity contribution < 1.29 is 4.42 Å². The van der Waals surface area contributed by atoms with Crippen LogP contribution in [0.3, 0.4) is 0 Å². The van der Waals surface area contributed by atoms with Crippen molar-refractivity contribution in [2.45, 2.75) is 73.5 Å². The molecule has 1 rings (SSSR count). The number of nitrogens with zero attached hydrogens (tertiary/aromatic N) is 1. The minimum Gasteiger partial charge on any atom is -0.465 e. The minimum absolute atomic E-state index is 0.487. The van der Waals surface area contributed by atoms with Gasteiger partial charge in [0.1, 0.15) is 11.5 Å². The maximum Gasteiger partial charge on any atom is 0.118 e. The summed E-state index contributed by atoms with van der Waals surface area (Å²) in [5, 5.41) is 3.41. The number of hydrogen-bond donors (Lipinski definition) is 1. The van der Waals surface area contributed by atoms with Gasteiger partial charge in [0.25, 0.3) is 0 Å². The molecule has 0 bridgehead atoms. The molecule has 0 amide bonds. The molecular formula is C18H34N2O. The van der Waals surface area contributed by atoms with E-state index in [9.17, 15) is 0 Å². The standard InChI is InChI=1S/C18H34N2O/c1-7-16(8-2)12-20(9-3)13-17-10-18(21-15(17)6)11-19-14(4)5/h10,14,16,19H,7-9,11-13H2,1-6H3. The third-order valence-electron chi connectivity index (χ3n) is 4.27. The van der Waals surface area contributed by atoms with Crippen LogP contribution >= 0.6 is 0 Å². The number of furan rings is 1. The lowest BCUT2D eigenvalue weighted by Crippen LogP contribution is -2.28. The van der Waals surface area contributed by atoms with Crippen LogP contribution in [0.15, 0.2) is 10.5 Å². The summed E-state index contributed by atoms with van der Waals surface area (Å²) < 4.78 is 5.88. The highest BCUT2D eigenvalue weighted by Gasteiger charge is 2.14. The van der Waals surface area contributed by atoms with Gasteiger partial charge in [-0.05, 0) is 25.5 Å². The molecule has 0 fully saturated rings. The Morgan fingerprint density at radius 1 is 1.19 bits per heavy atom. The SMILES string of the molecule is CCC(CC)CN(CC)Cc1cc(CNC(C)C)oc1C. The Hall–Kier alpha value is -0.800.